The average Bonchev–Trinajstić information content (AvgIpc) is 2.32. The van der Waals surface area contributed by atoms with E-state index >= 15 is 0 Å². The first-order chi connectivity index (χ1) is 8.58. The van der Waals surface area contributed by atoms with E-state index < -0.39 is 0 Å². The molecule has 6 heteroatoms. The number of halogens is 2. The Kier molecular flexibility index (Phi) is 3.84. The molecule has 18 heavy (non-hydrogen) atoms. The van der Waals surface area contributed by atoms with Crippen molar-refractivity contribution in [2.24, 2.45) is 0 Å². The van der Waals surface area contributed by atoms with Gasteiger partial charge in [0.25, 0.3) is 5.91 Å². The van der Waals surface area contributed by atoms with Gasteiger partial charge < -0.3 is 11.1 Å². The van der Waals surface area contributed by atoms with Crippen LogP contribution in [0.3, 0.4) is 0 Å². The first-order valence-corrected chi connectivity index (χ1v) is 6.22. The van der Waals surface area contributed by atoms with E-state index in [-0.39, 0.29) is 5.91 Å². The second-order valence-corrected chi connectivity index (χ2v) is 4.84. The summed E-state index contributed by atoms with van der Waals surface area (Å²) in [6.07, 6.45) is 1.55. The van der Waals surface area contributed by atoms with Gasteiger partial charge in [0.1, 0.15) is 0 Å². The zero-order valence-corrected chi connectivity index (χ0v) is 11.5. The number of carbonyl (C=O) groups excluding carboxylic acids is 1. The van der Waals surface area contributed by atoms with E-state index in [0.29, 0.717) is 22.1 Å². The maximum Gasteiger partial charge on any atom is 0.258 e. The number of pyridine rings is 1. The molecule has 0 aliphatic rings. The highest BCUT2D eigenvalue weighted by atomic mass is 79.9. The molecule has 1 aromatic carbocycles. The fraction of sp³-hybridized carbons (Fsp3) is 0. The van der Waals surface area contributed by atoms with Crippen molar-refractivity contribution in [3.05, 3.63) is 51.6 Å². The summed E-state index contributed by atoms with van der Waals surface area (Å²) in [6.45, 7) is 0. The predicted octanol–water partition coefficient (Wildman–Crippen LogP) is 3.33. The Balaban J connectivity index is 2.25. The van der Waals surface area contributed by atoms with Gasteiger partial charge in [-0.05, 0) is 30.3 Å². The van der Waals surface area contributed by atoms with E-state index in [2.05, 4.69) is 26.2 Å². The third-order valence-electron chi connectivity index (χ3n) is 2.25. The Hall–Kier alpha value is -1.59. The summed E-state index contributed by atoms with van der Waals surface area (Å²) in [5, 5.41) is 2.99. The summed E-state index contributed by atoms with van der Waals surface area (Å²) in [5.41, 5.74) is 6.53. The van der Waals surface area contributed by atoms with Crippen LogP contribution in [0.1, 0.15) is 10.4 Å². The van der Waals surface area contributed by atoms with Gasteiger partial charge in [-0.3, -0.25) is 4.79 Å². The molecule has 92 valence electrons. The van der Waals surface area contributed by atoms with Crippen molar-refractivity contribution in [3.8, 4) is 0 Å². The topological polar surface area (TPSA) is 68.0 Å². The van der Waals surface area contributed by atoms with Crippen molar-refractivity contribution in [3.63, 3.8) is 0 Å². The lowest BCUT2D eigenvalue weighted by molar-refractivity contribution is 0.102. The second kappa shape index (κ2) is 5.37. The zero-order valence-electron chi connectivity index (χ0n) is 9.15. The van der Waals surface area contributed by atoms with E-state index in [0.717, 1.165) is 4.47 Å². The van der Waals surface area contributed by atoms with Gasteiger partial charge in [0.15, 0.2) is 5.82 Å². The lowest BCUT2D eigenvalue weighted by Gasteiger charge is -2.08. The maximum atomic E-state index is 12.0. The number of aromatic nitrogens is 1. The van der Waals surface area contributed by atoms with Crippen LogP contribution < -0.4 is 11.1 Å². The number of carbonyl (C=O) groups is 1. The Labute approximate surface area is 117 Å². The molecule has 2 rings (SSSR count). The normalized spacial score (nSPS) is 10.1. The molecule has 0 bridgehead atoms. The van der Waals surface area contributed by atoms with Crippen molar-refractivity contribution in [1.82, 2.24) is 4.98 Å². The molecule has 1 aromatic heterocycles. The fourth-order valence-electron chi connectivity index (χ4n) is 1.39. The summed E-state index contributed by atoms with van der Waals surface area (Å²) in [6, 6.07) is 8.37. The van der Waals surface area contributed by atoms with E-state index in [1.54, 1.807) is 36.5 Å². The van der Waals surface area contributed by atoms with E-state index in [1.807, 2.05) is 0 Å². The monoisotopic (exact) mass is 325 g/mol. The highest BCUT2D eigenvalue weighted by molar-refractivity contribution is 9.10. The second-order valence-electron chi connectivity index (χ2n) is 3.52. The average molecular weight is 327 g/mol. The van der Waals surface area contributed by atoms with Gasteiger partial charge in [0.2, 0.25) is 0 Å². The Bertz CT molecular complexity index is 604. The molecule has 0 saturated carbocycles. The van der Waals surface area contributed by atoms with Gasteiger partial charge in [0.05, 0.1) is 10.6 Å². The molecule has 1 heterocycles. The van der Waals surface area contributed by atoms with Crippen LogP contribution in [0, 0.1) is 0 Å². The van der Waals surface area contributed by atoms with Crippen LogP contribution in [0.4, 0.5) is 11.5 Å². The smallest absolute Gasteiger partial charge is 0.258 e. The molecule has 4 nitrogen and oxygen atoms in total. The van der Waals surface area contributed by atoms with E-state index in [4.69, 9.17) is 17.3 Å². The van der Waals surface area contributed by atoms with Crippen LogP contribution in [0.25, 0.3) is 0 Å². The van der Waals surface area contributed by atoms with Gasteiger partial charge in [-0.2, -0.15) is 0 Å². The minimum atomic E-state index is -0.347. The van der Waals surface area contributed by atoms with Gasteiger partial charge in [-0.1, -0.05) is 27.5 Å². The summed E-state index contributed by atoms with van der Waals surface area (Å²) in [5.74, 6) is -0.0351. The number of rotatable bonds is 2. The first-order valence-electron chi connectivity index (χ1n) is 5.05. The first kappa shape index (κ1) is 12.9. The summed E-state index contributed by atoms with van der Waals surface area (Å²) in [4.78, 5) is 16.0. The number of benzene rings is 1. The molecule has 0 spiro atoms. The number of amides is 1. The van der Waals surface area contributed by atoms with E-state index in [1.165, 1.54) is 0 Å². The van der Waals surface area contributed by atoms with Crippen molar-refractivity contribution < 1.29 is 4.79 Å². The molecule has 0 aliphatic carbocycles. The molecule has 0 radical (unpaired) electrons. The number of anilines is 2. The molecule has 0 saturated heterocycles. The van der Waals surface area contributed by atoms with Crippen molar-refractivity contribution >= 4 is 44.9 Å². The molecule has 0 aliphatic heterocycles. The number of nitrogens with zero attached hydrogens (tertiary/aromatic N) is 1. The Morgan fingerprint density at radius 1 is 1.39 bits per heavy atom. The van der Waals surface area contributed by atoms with Crippen LogP contribution in [-0.4, -0.2) is 10.9 Å². The standard InChI is InChI=1S/C12H9BrClN3O/c13-7-3-4-8(10(15)6-7)12(18)17-11-9(14)2-1-5-16-11/h1-6H,15H2,(H,16,17,18). The van der Waals surface area contributed by atoms with Crippen LogP contribution in [0.15, 0.2) is 41.0 Å². The van der Waals surface area contributed by atoms with E-state index in [9.17, 15) is 4.79 Å². The van der Waals surface area contributed by atoms with Crippen LogP contribution >= 0.6 is 27.5 Å². The van der Waals surface area contributed by atoms with Gasteiger partial charge in [-0.15, -0.1) is 0 Å². The summed E-state index contributed by atoms with van der Waals surface area (Å²) in [7, 11) is 0. The third-order valence-corrected chi connectivity index (χ3v) is 3.05. The van der Waals surface area contributed by atoms with Gasteiger partial charge in [-0.25, -0.2) is 4.98 Å². The predicted molar refractivity (Wildman–Crippen MR) is 75.8 cm³/mol. The molecule has 3 N–H and O–H groups in total. The third kappa shape index (κ3) is 2.80. The SMILES string of the molecule is Nc1cc(Br)ccc1C(=O)Nc1ncccc1Cl. The van der Waals surface area contributed by atoms with Gasteiger partial charge >= 0.3 is 0 Å². The van der Waals surface area contributed by atoms with Crippen molar-refractivity contribution in [2.75, 3.05) is 11.1 Å². The molecular weight excluding hydrogens is 318 g/mol. The van der Waals surface area contributed by atoms with Crippen LogP contribution in [0.5, 0.6) is 0 Å². The number of nitrogens with two attached hydrogens (primary N) is 1. The summed E-state index contributed by atoms with van der Waals surface area (Å²) >= 11 is 9.18. The molecular formula is C12H9BrClN3O. The van der Waals surface area contributed by atoms with Gasteiger partial charge in [0, 0.05) is 16.4 Å². The highest BCUT2D eigenvalue weighted by Gasteiger charge is 2.12. The molecule has 0 unspecified atom stereocenters. The molecule has 0 fully saturated rings. The minimum Gasteiger partial charge on any atom is -0.398 e. The largest absolute Gasteiger partial charge is 0.398 e. The quantitative estimate of drug-likeness (QED) is 0.832. The minimum absolute atomic E-state index is 0.312. The summed E-state index contributed by atoms with van der Waals surface area (Å²) < 4.78 is 0.812. The number of nitrogens with one attached hydrogen (secondary N) is 1. The van der Waals surface area contributed by atoms with Crippen LogP contribution in [0.2, 0.25) is 5.02 Å². The lowest BCUT2D eigenvalue weighted by Crippen LogP contribution is -2.15. The molecule has 1 amide bonds. The number of hydrogen-bond donors (Lipinski definition) is 2. The Morgan fingerprint density at radius 3 is 2.83 bits per heavy atom. The zero-order chi connectivity index (χ0) is 13.1. The number of nitrogen functional groups attached to an aromatic ring is 1. The maximum absolute atomic E-state index is 12.0. The van der Waals surface area contributed by atoms with Crippen molar-refractivity contribution in [2.45, 2.75) is 0 Å². The molecule has 2 aromatic rings. The Morgan fingerprint density at radius 2 is 2.17 bits per heavy atom. The number of hydrogen-bond acceptors (Lipinski definition) is 3. The fourth-order valence-corrected chi connectivity index (χ4v) is 1.94. The highest BCUT2D eigenvalue weighted by Crippen LogP contribution is 2.22. The van der Waals surface area contributed by atoms with Crippen molar-refractivity contribution in [1.29, 1.82) is 0 Å². The lowest BCUT2D eigenvalue weighted by atomic mass is 10.1. The van der Waals surface area contributed by atoms with Crippen LogP contribution in [-0.2, 0) is 0 Å². The molecule has 0 atom stereocenters.